The van der Waals surface area contributed by atoms with Gasteiger partial charge in [-0.15, -0.1) is 15.3 Å². The Balaban J connectivity index is 1.56. The summed E-state index contributed by atoms with van der Waals surface area (Å²) in [6.07, 6.45) is -4.66. The minimum Gasteiger partial charge on any atom is -0.339 e. The monoisotopic (exact) mass is 417 g/mol. The molecule has 0 radical (unpaired) electrons. The fourth-order valence-electron chi connectivity index (χ4n) is 2.73. The van der Waals surface area contributed by atoms with Crippen molar-refractivity contribution in [2.75, 3.05) is 5.32 Å². The molecule has 10 heteroatoms. The lowest BCUT2D eigenvalue weighted by molar-refractivity contribution is -0.146. The number of nitrogens with one attached hydrogen (secondary N) is 1. The normalized spacial score (nSPS) is 12.8. The maximum atomic E-state index is 13.0. The zero-order chi connectivity index (χ0) is 20.4. The molecule has 0 spiro atoms. The van der Waals surface area contributed by atoms with Gasteiger partial charge in [-0.05, 0) is 42.0 Å². The number of alkyl halides is 3. The van der Waals surface area contributed by atoms with Crippen molar-refractivity contribution in [3.63, 3.8) is 0 Å². The van der Waals surface area contributed by atoms with Gasteiger partial charge < -0.3 is 5.32 Å². The first kappa shape index (κ1) is 19.1. The SMILES string of the molecule is O=S(Cc1cccc(Nc2ccc3nnc(C(F)(F)F)n3n2)c1)c1ccccc1. The van der Waals surface area contributed by atoms with Gasteiger partial charge in [0.15, 0.2) is 11.5 Å². The van der Waals surface area contributed by atoms with Crippen LogP contribution in [0, 0.1) is 0 Å². The fourth-order valence-corrected chi connectivity index (χ4v) is 3.84. The quantitative estimate of drug-likeness (QED) is 0.527. The van der Waals surface area contributed by atoms with Crippen LogP contribution < -0.4 is 5.32 Å². The zero-order valence-electron chi connectivity index (χ0n) is 14.8. The predicted octanol–water partition coefficient (Wildman–Crippen LogP) is 4.19. The number of aromatic nitrogens is 4. The van der Waals surface area contributed by atoms with Gasteiger partial charge in [-0.25, -0.2) is 0 Å². The van der Waals surface area contributed by atoms with Gasteiger partial charge in [0.1, 0.15) is 0 Å². The van der Waals surface area contributed by atoms with E-state index < -0.39 is 22.8 Å². The predicted molar refractivity (Wildman–Crippen MR) is 102 cm³/mol. The molecule has 0 amide bonds. The minimum atomic E-state index is -4.66. The average Bonchev–Trinajstić information content (AvgIpc) is 3.13. The highest BCUT2D eigenvalue weighted by Gasteiger charge is 2.37. The molecule has 29 heavy (non-hydrogen) atoms. The third-order valence-electron chi connectivity index (χ3n) is 4.02. The molecule has 0 aliphatic heterocycles. The van der Waals surface area contributed by atoms with Crippen molar-refractivity contribution in [2.45, 2.75) is 16.8 Å². The second-order valence-corrected chi connectivity index (χ2v) is 7.59. The largest absolute Gasteiger partial charge is 0.453 e. The van der Waals surface area contributed by atoms with Crippen LogP contribution in [0.2, 0.25) is 0 Å². The van der Waals surface area contributed by atoms with E-state index in [-0.39, 0.29) is 11.5 Å². The molecule has 148 valence electrons. The maximum absolute atomic E-state index is 13.0. The van der Waals surface area contributed by atoms with Crippen LogP contribution in [0.3, 0.4) is 0 Å². The highest BCUT2D eigenvalue weighted by Crippen LogP contribution is 2.28. The number of benzene rings is 2. The summed E-state index contributed by atoms with van der Waals surface area (Å²) < 4.78 is 52.2. The molecule has 2 aromatic carbocycles. The molecule has 2 heterocycles. The van der Waals surface area contributed by atoms with Crippen LogP contribution in [-0.2, 0) is 22.7 Å². The van der Waals surface area contributed by atoms with Gasteiger partial charge in [0.25, 0.3) is 5.82 Å². The summed E-state index contributed by atoms with van der Waals surface area (Å²) >= 11 is 0. The third-order valence-corrected chi connectivity index (χ3v) is 5.41. The molecule has 0 fully saturated rings. The van der Waals surface area contributed by atoms with Crippen LogP contribution in [0.4, 0.5) is 24.7 Å². The van der Waals surface area contributed by atoms with E-state index in [1.54, 1.807) is 30.3 Å². The lowest BCUT2D eigenvalue weighted by Crippen LogP contribution is -2.13. The number of fused-ring (bicyclic) bond motifs is 1. The van der Waals surface area contributed by atoms with Gasteiger partial charge >= 0.3 is 6.18 Å². The summed E-state index contributed by atoms with van der Waals surface area (Å²) in [7, 11) is -1.20. The Morgan fingerprint density at radius 2 is 1.76 bits per heavy atom. The number of nitrogens with zero attached hydrogens (tertiary/aromatic N) is 4. The van der Waals surface area contributed by atoms with E-state index in [2.05, 4.69) is 20.6 Å². The summed E-state index contributed by atoms with van der Waals surface area (Å²) in [5, 5.41) is 13.5. The lowest BCUT2D eigenvalue weighted by atomic mass is 10.2. The Kier molecular flexibility index (Phi) is 5.01. The molecule has 0 saturated carbocycles. The van der Waals surface area contributed by atoms with Crippen molar-refractivity contribution in [1.29, 1.82) is 0 Å². The number of halogens is 3. The highest BCUT2D eigenvalue weighted by molar-refractivity contribution is 7.84. The van der Waals surface area contributed by atoms with Crippen molar-refractivity contribution in [2.24, 2.45) is 0 Å². The van der Waals surface area contributed by atoms with Crippen LogP contribution in [0.1, 0.15) is 11.4 Å². The van der Waals surface area contributed by atoms with Crippen molar-refractivity contribution in [1.82, 2.24) is 19.8 Å². The Morgan fingerprint density at radius 1 is 0.966 bits per heavy atom. The number of anilines is 2. The molecule has 1 atom stereocenters. The third kappa shape index (κ3) is 4.27. The van der Waals surface area contributed by atoms with Crippen LogP contribution in [0.15, 0.2) is 71.6 Å². The van der Waals surface area contributed by atoms with Crippen LogP contribution in [0.25, 0.3) is 5.65 Å². The van der Waals surface area contributed by atoms with Gasteiger partial charge in [-0.1, -0.05) is 30.3 Å². The van der Waals surface area contributed by atoms with Crippen molar-refractivity contribution >= 4 is 28.0 Å². The molecule has 6 nitrogen and oxygen atoms in total. The molecule has 2 aromatic heterocycles. The van der Waals surface area contributed by atoms with Crippen LogP contribution in [0.5, 0.6) is 0 Å². The number of hydrogen-bond acceptors (Lipinski definition) is 5. The van der Waals surface area contributed by atoms with Gasteiger partial charge in [-0.2, -0.15) is 17.7 Å². The van der Waals surface area contributed by atoms with E-state index in [9.17, 15) is 17.4 Å². The summed E-state index contributed by atoms with van der Waals surface area (Å²) in [6.45, 7) is 0. The Labute approximate surface area is 165 Å². The molecular formula is C19H14F3N5OS. The molecule has 1 unspecified atom stereocenters. The summed E-state index contributed by atoms with van der Waals surface area (Å²) in [6, 6.07) is 19.2. The van der Waals surface area contributed by atoms with E-state index in [0.717, 1.165) is 10.5 Å². The van der Waals surface area contributed by atoms with Crippen LogP contribution >= 0.6 is 0 Å². The first-order valence-corrected chi connectivity index (χ1v) is 9.81. The average molecular weight is 417 g/mol. The highest BCUT2D eigenvalue weighted by atomic mass is 32.2. The van der Waals surface area contributed by atoms with Crippen molar-refractivity contribution in [3.8, 4) is 0 Å². The summed E-state index contributed by atoms with van der Waals surface area (Å²) in [5.41, 5.74) is 1.43. The van der Waals surface area contributed by atoms with E-state index in [4.69, 9.17) is 0 Å². The van der Waals surface area contributed by atoms with E-state index in [1.807, 2.05) is 24.3 Å². The second-order valence-electron chi connectivity index (χ2n) is 6.14. The molecular weight excluding hydrogens is 403 g/mol. The standard InChI is InChI=1S/C19H14F3N5OS/c20-19(21,22)18-25-24-17-10-9-16(26-27(17)18)23-14-6-4-5-13(11-14)12-29(28)15-7-2-1-3-8-15/h1-11H,12H2,(H,23,26). The van der Waals surface area contributed by atoms with E-state index in [1.165, 1.54) is 12.1 Å². The first-order chi connectivity index (χ1) is 13.9. The summed E-state index contributed by atoms with van der Waals surface area (Å²) in [5.74, 6) is -0.678. The molecule has 4 aromatic rings. The number of rotatable bonds is 5. The Hall–Kier alpha value is -3.27. The second kappa shape index (κ2) is 7.63. The van der Waals surface area contributed by atoms with E-state index in [0.29, 0.717) is 16.0 Å². The lowest BCUT2D eigenvalue weighted by Gasteiger charge is -2.09. The van der Waals surface area contributed by atoms with Gasteiger partial charge in [0, 0.05) is 10.6 Å². The Morgan fingerprint density at radius 3 is 2.52 bits per heavy atom. The topological polar surface area (TPSA) is 72.2 Å². The molecule has 1 N–H and O–H groups in total. The molecule has 0 bridgehead atoms. The Bertz CT molecular complexity index is 1180. The first-order valence-electron chi connectivity index (χ1n) is 8.49. The van der Waals surface area contributed by atoms with E-state index >= 15 is 0 Å². The van der Waals surface area contributed by atoms with Crippen molar-refractivity contribution < 1.29 is 17.4 Å². The molecule has 0 saturated heterocycles. The van der Waals surface area contributed by atoms with Crippen LogP contribution in [-0.4, -0.2) is 24.0 Å². The minimum absolute atomic E-state index is 0.00474. The van der Waals surface area contributed by atoms with Gasteiger partial charge in [0.2, 0.25) is 0 Å². The fraction of sp³-hybridized carbons (Fsp3) is 0.105. The van der Waals surface area contributed by atoms with Gasteiger partial charge in [-0.3, -0.25) is 4.21 Å². The molecule has 4 rings (SSSR count). The van der Waals surface area contributed by atoms with Crippen molar-refractivity contribution in [3.05, 3.63) is 78.1 Å². The molecule has 0 aliphatic carbocycles. The zero-order valence-corrected chi connectivity index (χ0v) is 15.6. The maximum Gasteiger partial charge on any atom is 0.453 e. The smallest absolute Gasteiger partial charge is 0.339 e. The summed E-state index contributed by atoms with van der Waals surface area (Å²) in [4.78, 5) is 0.727. The number of hydrogen-bond donors (Lipinski definition) is 1. The van der Waals surface area contributed by atoms with Gasteiger partial charge in [0.05, 0.1) is 16.6 Å². The molecule has 0 aliphatic rings.